The number of hydrogen-bond donors (Lipinski definition) is 0. The van der Waals surface area contributed by atoms with Crippen LogP contribution in [0.3, 0.4) is 0 Å². The molecule has 0 spiro atoms. The molecule has 0 bridgehead atoms. The first-order valence-corrected chi connectivity index (χ1v) is 6.80. The highest BCUT2D eigenvalue weighted by atomic mass is 16.5. The Morgan fingerprint density at radius 2 is 1.89 bits per heavy atom. The van der Waals surface area contributed by atoms with Crippen molar-refractivity contribution in [1.29, 1.82) is 0 Å². The fourth-order valence-electron chi connectivity index (χ4n) is 2.44. The topological polar surface area (TPSA) is 21.7 Å². The van der Waals surface area contributed by atoms with Gasteiger partial charge in [-0.3, -0.25) is 4.90 Å². The molecule has 3 heteroatoms. The normalized spacial score (nSPS) is 20.7. The van der Waals surface area contributed by atoms with E-state index in [2.05, 4.69) is 11.8 Å². The molecule has 1 heterocycles. The van der Waals surface area contributed by atoms with Crippen LogP contribution in [0.5, 0.6) is 11.5 Å². The van der Waals surface area contributed by atoms with Gasteiger partial charge in [0.15, 0.2) is 0 Å². The monoisotopic (exact) mass is 249 g/mol. The minimum atomic E-state index is 0.707. The molecule has 1 aliphatic rings. The Labute approximate surface area is 110 Å². The third-order valence-electron chi connectivity index (χ3n) is 3.65. The first-order valence-electron chi connectivity index (χ1n) is 6.80. The van der Waals surface area contributed by atoms with Crippen molar-refractivity contribution in [2.45, 2.75) is 32.2 Å². The second-order valence-corrected chi connectivity index (χ2v) is 4.90. The summed E-state index contributed by atoms with van der Waals surface area (Å²) in [6.07, 6.45) is 4.02. The van der Waals surface area contributed by atoms with Crippen molar-refractivity contribution < 1.29 is 9.47 Å². The molecule has 3 nitrogen and oxygen atoms in total. The number of methoxy groups -OCH3 is 1. The second-order valence-electron chi connectivity index (χ2n) is 4.90. The van der Waals surface area contributed by atoms with Crippen LogP contribution in [-0.2, 0) is 0 Å². The number of benzene rings is 1. The van der Waals surface area contributed by atoms with Gasteiger partial charge in [0.2, 0.25) is 0 Å². The van der Waals surface area contributed by atoms with E-state index in [-0.39, 0.29) is 0 Å². The van der Waals surface area contributed by atoms with Crippen LogP contribution in [0.25, 0.3) is 0 Å². The van der Waals surface area contributed by atoms with E-state index in [4.69, 9.17) is 9.47 Å². The summed E-state index contributed by atoms with van der Waals surface area (Å²) in [7, 11) is 1.67. The Bertz CT molecular complexity index is 350. The van der Waals surface area contributed by atoms with E-state index >= 15 is 0 Å². The molecule has 0 radical (unpaired) electrons. The van der Waals surface area contributed by atoms with Gasteiger partial charge in [-0.1, -0.05) is 6.42 Å². The maximum absolute atomic E-state index is 5.76. The van der Waals surface area contributed by atoms with Gasteiger partial charge in [-0.15, -0.1) is 0 Å². The molecule has 100 valence electrons. The summed E-state index contributed by atoms with van der Waals surface area (Å²) in [6.45, 7) is 5.31. The Morgan fingerprint density at radius 1 is 1.17 bits per heavy atom. The van der Waals surface area contributed by atoms with Crippen LogP contribution in [0.1, 0.15) is 26.2 Å². The van der Waals surface area contributed by atoms with E-state index < -0.39 is 0 Å². The number of hydrogen-bond acceptors (Lipinski definition) is 3. The molecule has 18 heavy (non-hydrogen) atoms. The zero-order chi connectivity index (χ0) is 12.8. The van der Waals surface area contributed by atoms with Crippen LogP contribution in [0, 0.1) is 0 Å². The molecule has 0 amide bonds. The summed E-state index contributed by atoms with van der Waals surface area (Å²) in [5.74, 6) is 1.78. The number of rotatable bonds is 5. The summed E-state index contributed by atoms with van der Waals surface area (Å²) in [5.41, 5.74) is 0. The predicted molar refractivity (Wildman–Crippen MR) is 73.4 cm³/mol. The van der Waals surface area contributed by atoms with Crippen molar-refractivity contribution >= 4 is 0 Å². The third-order valence-corrected chi connectivity index (χ3v) is 3.65. The minimum Gasteiger partial charge on any atom is -0.497 e. The van der Waals surface area contributed by atoms with E-state index in [1.165, 1.54) is 25.8 Å². The van der Waals surface area contributed by atoms with Gasteiger partial charge < -0.3 is 9.47 Å². The lowest BCUT2D eigenvalue weighted by atomic mass is 10.0. The van der Waals surface area contributed by atoms with Crippen LogP contribution in [-0.4, -0.2) is 37.7 Å². The van der Waals surface area contributed by atoms with Crippen LogP contribution in [0.4, 0.5) is 0 Å². The summed E-state index contributed by atoms with van der Waals surface area (Å²) < 4.78 is 10.9. The molecule has 0 aromatic heterocycles. The second kappa shape index (κ2) is 6.64. The van der Waals surface area contributed by atoms with Gasteiger partial charge in [-0.2, -0.15) is 0 Å². The summed E-state index contributed by atoms with van der Waals surface area (Å²) in [6, 6.07) is 8.48. The van der Waals surface area contributed by atoms with Crippen LogP contribution < -0.4 is 9.47 Å². The van der Waals surface area contributed by atoms with E-state index in [0.717, 1.165) is 24.7 Å². The Hall–Kier alpha value is -1.22. The molecule has 0 aliphatic carbocycles. The number of likely N-dealkylation sites (tertiary alicyclic amines) is 1. The van der Waals surface area contributed by atoms with Gasteiger partial charge in [0.1, 0.15) is 18.1 Å². The molecule has 1 aromatic rings. The van der Waals surface area contributed by atoms with Gasteiger partial charge >= 0.3 is 0 Å². The molecule has 2 rings (SSSR count). The smallest absolute Gasteiger partial charge is 0.119 e. The summed E-state index contributed by atoms with van der Waals surface area (Å²) >= 11 is 0. The summed E-state index contributed by atoms with van der Waals surface area (Å²) in [5, 5.41) is 0. The highest BCUT2D eigenvalue weighted by Crippen LogP contribution is 2.18. The summed E-state index contributed by atoms with van der Waals surface area (Å²) in [4.78, 5) is 2.52. The largest absolute Gasteiger partial charge is 0.497 e. The average Bonchev–Trinajstić information content (AvgIpc) is 2.42. The third kappa shape index (κ3) is 3.64. The fourth-order valence-corrected chi connectivity index (χ4v) is 2.44. The first kappa shape index (κ1) is 13.2. The minimum absolute atomic E-state index is 0.707. The van der Waals surface area contributed by atoms with Gasteiger partial charge in [0, 0.05) is 12.6 Å². The SMILES string of the molecule is COc1ccc(OCCN2CCCC[C@@H]2C)cc1. The molecule has 0 saturated carbocycles. The van der Waals surface area contributed by atoms with E-state index in [9.17, 15) is 0 Å². The van der Waals surface area contributed by atoms with Gasteiger partial charge in [-0.25, -0.2) is 0 Å². The van der Waals surface area contributed by atoms with Crippen molar-refractivity contribution in [2.24, 2.45) is 0 Å². The predicted octanol–water partition coefficient (Wildman–Crippen LogP) is 2.95. The molecule has 1 aliphatic heterocycles. The molecular formula is C15H23NO2. The van der Waals surface area contributed by atoms with Gasteiger partial charge in [0.25, 0.3) is 0 Å². The molecule has 1 aromatic carbocycles. The lowest BCUT2D eigenvalue weighted by Gasteiger charge is -2.33. The Balaban J connectivity index is 1.73. The molecular weight excluding hydrogens is 226 g/mol. The average molecular weight is 249 g/mol. The number of ether oxygens (including phenoxy) is 2. The molecule has 0 unspecified atom stereocenters. The van der Waals surface area contributed by atoms with Crippen LogP contribution in [0.2, 0.25) is 0 Å². The standard InChI is InChI=1S/C15H23NO2/c1-13-5-3-4-10-16(13)11-12-18-15-8-6-14(17-2)7-9-15/h6-9,13H,3-5,10-12H2,1-2H3/t13-/m0/s1. The molecule has 1 atom stereocenters. The lowest BCUT2D eigenvalue weighted by molar-refractivity contribution is 0.133. The van der Waals surface area contributed by atoms with Crippen molar-refractivity contribution in [3.63, 3.8) is 0 Å². The van der Waals surface area contributed by atoms with Crippen molar-refractivity contribution in [3.8, 4) is 11.5 Å². The molecule has 1 fully saturated rings. The maximum Gasteiger partial charge on any atom is 0.119 e. The fraction of sp³-hybridized carbons (Fsp3) is 0.600. The highest BCUT2D eigenvalue weighted by molar-refractivity contribution is 5.31. The zero-order valence-corrected chi connectivity index (χ0v) is 11.4. The van der Waals surface area contributed by atoms with E-state index in [1.54, 1.807) is 7.11 Å². The Kier molecular flexibility index (Phi) is 4.88. The van der Waals surface area contributed by atoms with Crippen molar-refractivity contribution in [3.05, 3.63) is 24.3 Å². The van der Waals surface area contributed by atoms with Crippen molar-refractivity contribution in [1.82, 2.24) is 4.90 Å². The van der Waals surface area contributed by atoms with E-state index in [0.29, 0.717) is 6.04 Å². The van der Waals surface area contributed by atoms with Gasteiger partial charge in [0.05, 0.1) is 7.11 Å². The molecule has 1 saturated heterocycles. The Morgan fingerprint density at radius 3 is 2.56 bits per heavy atom. The quantitative estimate of drug-likeness (QED) is 0.801. The van der Waals surface area contributed by atoms with E-state index in [1.807, 2.05) is 24.3 Å². The maximum atomic E-state index is 5.76. The number of nitrogens with zero attached hydrogens (tertiary/aromatic N) is 1. The number of piperidine rings is 1. The highest BCUT2D eigenvalue weighted by Gasteiger charge is 2.17. The van der Waals surface area contributed by atoms with Crippen molar-refractivity contribution in [2.75, 3.05) is 26.8 Å². The van der Waals surface area contributed by atoms with Gasteiger partial charge in [-0.05, 0) is 50.6 Å². The first-order chi connectivity index (χ1) is 8.79. The zero-order valence-electron chi connectivity index (χ0n) is 11.4. The molecule has 0 N–H and O–H groups in total. The lowest BCUT2D eigenvalue weighted by Crippen LogP contribution is -2.39. The van der Waals surface area contributed by atoms with Crippen LogP contribution in [0.15, 0.2) is 24.3 Å². The van der Waals surface area contributed by atoms with Crippen LogP contribution >= 0.6 is 0 Å².